The molecule has 0 fully saturated rings. The van der Waals surface area contributed by atoms with Gasteiger partial charge in [-0.2, -0.15) is 0 Å². The third-order valence-corrected chi connectivity index (χ3v) is 4.79. The average Bonchev–Trinajstić information content (AvgIpc) is 3.14. The minimum absolute atomic E-state index is 0.0522. The Balaban J connectivity index is 1.89. The zero-order valence-corrected chi connectivity index (χ0v) is 18.0. The molecule has 1 aromatic heterocycles. The number of methoxy groups -OCH3 is 1. The summed E-state index contributed by atoms with van der Waals surface area (Å²) < 4.78 is 18.8. The molecule has 2 aromatic carbocycles. The Morgan fingerprint density at radius 2 is 1.76 bits per heavy atom. The van der Waals surface area contributed by atoms with E-state index in [-0.39, 0.29) is 24.2 Å². The predicted molar refractivity (Wildman–Crippen MR) is 112 cm³/mol. The lowest BCUT2D eigenvalue weighted by Gasteiger charge is -2.16. The number of esters is 1. The highest BCUT2D eigenvalue weighted by Gasteiger charge is 2.26. The van der Waals surface area contributed by atoms with Crippen LogP contribution in [0, 0.1) is 0 Å². The van der Waals surface area contributed by atoms with Gasteiger partial charge in [-0.15, -0.1) is 5.10 Å². The van der Waals surface area contributed by atoms with E-state index in [0.717, 1.165) is 15.8 Å². The Hall–Kier alpha value is -2.87. The lowest BCUT2D eigenvalue weighted by Crippen LogP contribution is -2.13. The van der Waals surface area contributed by atoms with Gasteiger partial charge in [0.1, 0.15) is 11.5 Å². The van der Waals surface area contributed by atoms with Crippen LogP contribution in [-0.2, 0) is 11.2 Å². The molecule has 1 heterocycles. The van der Waals surface area contributed by atoms with Gasteiger partial charge in [-0.3, -0.25) is 0 Å². The molecule has 0 bridgehead atoms. The minimum atomic E-state index is -0.567. The predicted octanol–water partition coefficient (Wildman–Crippen LogP) is 4.82. The van der Waals surface area contributed by atoms with Crippen molar-refractivity contribution in [1.29, 1.82) is 0 Å². The second-order valence-electron chi connectivity index (χ2n) is 6.37. The first-order valence-corrected chi connectivity index (χ1v) is 9.99. The van der Waals surface area contributed by atoms with Crippen molar-refractivity contribution in [3.63, 3.8) is 0 Å². The second kappa shape index (κ2) is 9.56. The van der Waals surface area contributed by atoms with E-state index in [2.05, 4.69) is 26.2 Å². The van der Waals surface area contributed by atoms with Gasteiger partial charge in [-0.1, -0.05) is 33.3 Å². The van der Waals surface area contributed by atoms with Crippen molar-refractivity contribution >= 4 is 21.9 Å². The van der Waals surface area contributed by atoms with Gasteiger partial charge < -0.3 is 14.2 Å². The smallest absolute Gasteiger partial charge is 0.364 e. The number of rotatable bonds is 8. The number of hydrogen-bond acceptors (Lipinski definition) is 6. The van der Waals surface area contributed by atoms with Crippen molar-refractivity contribution in [2.75, 3.05) is 13.7 Å². The standard InChI is InChI=1S/C21H22BrN3O4/c1-4-28-21(26)19-20(29-18-11-7-16(22)8-12-18)25(24-23-19)14(2)13-15-5-9-17(27-3)10-6-15/h5-12,14H,4,13H2,1-3H3. The van der Waals surface area contributed by atoms with Crippen molar-refractivity contribution < 1.29 is 19.0 Å². The maximum absolute atomic E-state index is 12.3. The molecule has 0 spiro atoms. The van der Waals surface area contributed by atoms with E-state index >= 15 is 0 Å². The van der Waals surface area contributed by atoms with Gasteiger partial charge in [0.2, 0.25) is 5.69 Å². The molecule has 7 nitrogen and oxygen atoms in total. The first-order valence-electron chi connectivity index (χ1n) is 9.20. The Kier molecular flexibility index (Phi) is 6.87. The van der Waals surface area contributed by atoms with Crippen LogP contribution in [0.4, 0.5) is 0 Å². The summed E-state index contributed by atoms with van der Waals surface area (Å²) >= 11 is 3.40. The fraction of sp³-hybridized carbons (Fsp3) is 0.286. The molecule has 3 rings (SSSR count). The summed E-state index contributed by atoms with van der Waals surface area (Å²) in [7, 11) is 1.63. The van der Waals surface area contributed by atoms with Crippen LogP contribution in [-0.4, -0.2) is 34.7 Å². The molecule has 8 heteroatoms. The van der Waals surface area contributed by atoms with Crippen LogP contribution in [0.3, 0.4) is 0 Å². The number of carbonyl (C=O) groups is 1. The van der Waals surface area contributed by atoms with E-state index in [0.29, 0.717) is 12.2 Å². The molecule has 0 amide bonds. The van der Waals surface area contributed by atoms with Crippen molar-refractivity contribution in [1.82, 2.24) is 15.0 Å². The van der Waals surface area contributed by atoms with E-state index in [1.54, 1.807) is 30.8 Å². The topological polar surface area (TPSA) is 75.5 Å². The summed E-state index contributed by atoms with van der Waals surface area (Å²) in [6, 6.07) is 15.0. The number of aromatic nitrogens is 3. The summed E-state index contributed by atoms with van der Waals surface area (Å²) in [6.45, 7) is 3.97. The quantitative estimate of drug-likeness (QED) is 0.449. The Morgan fingerprint density at radius 3 is 2.38 bits per heavy atom. The molecular formula is C21H22BrN3O4. The molecule has 29 heavy (non-hydrogen) atoms. The van der Waals surface area contributed by atoms with Gasteiger partial charge in [0.05, 0.1) is 19.8 Å². The molecule has 1 unspecified atom stereocenters. The largest absolute Gasteiger partial charge is 0.497 e. The van der Waals surface area contributed by atoms with E-state index in [4.69, 9.17) is 14.2 Å². The van der Waals surface area contributed by atoms with Crippen LogP contribution in [0.5, 0.6) is 17.4 Å². The Labute approximate surface area is 177 Å². The van der Waals surface area contributed by atoms with Gasteiger partial charge in [0.15, 0.2) is 0 Å². The SMILES string of the molecule is CCOC(=O)c1nnn(C(C)Cc2ccc(OC)cc2)c1Oc1ccc(Br)cc1. The third kappa shape index (κ3) is 5.14. The van der Waals surface area contributed by atoms with Crippen LogP contribution in [0.15, 0.2) is 53.0 Å². The van der Waals surface area contributed by atoms with Crippen molar-refractivity contribution in [3.05, 3.63) is 64.3 Å². The van der Waals surface area contributed by atoms with Crippen LogP contribution in [0.1, 0.15) is 35.9 Å². The van der Waals surface area contributed by atoms with Gasteiger partial charge in [0, 0.05) is 4.47 Å². The van der Waals surface area contributed by atoms with Crippen LogP contribution < -0.4 is 9.47 Å². The van der Waals surface area contributed by atoms with Crippen molar-refractivity contribution in [2.45, 2.75) is 26.3 Å². The van der Waals surface area contributed by atoms with Crippen molar-refractivity contribution in [3.8, 4) is 17.4 Å². The van der Waals surface area contributed by atoms with Crippen LogP contribution in [0.25, 0.3) is 0 Å². The highest BCUT2D eigenvalue weighted by atomic mass is 79.9. The number of hydrogen-bond donors (Lipinski definition) is 0. The highest BCUT2D eigenvalue weighted by molar-refractivity contribution is 9.10. The molecule has 0 saturated carbocycles. The fourth-order valence-corrected chi connectivity index (χ4v) is 3.06. The number of halogens is 1. The lowest BCUT2D eigenvalue weighted by molar-refractivity contribution is 0.0516. The van der Waals surface area contributed by atoms with Gasteiger partial charge in [0.25, 0.3) is 5.88 Å². The maximum Gasteiger partial charge on any atom is 0.364 e. The molecule has 0 aliphatic carbocycles. The maximum atomic E-state index is 12.3. The minimum Gasteiger partial charge on any atom is -0.497 e. The molecular weight excluding hydrogens is 438 g/mol. The Bertz CT molecular complexity index is 955. The van der Waals surface area contributed by atoms with E-state index in [1.165, 1.54) is 0 Å². The number of ether oxygens (including phenoxy) is 3. The monoisotopic (exact) mass is 459 g/mol. The molecule has 152 valence electrons. The summed E-state index contributed by atoms with van der Waals surface area (Å²) in [5.41, 5.74) is 1.15. The van der Waals surface area contributed by atoms with Crippen molar-refractivity contribution in [2.24, 2.45) is 0 Å². The second-order valence-corrected chi connectivity index (χ2v) is 7.28. The van der Waals surface area contributed by atoms with E-state index < -0.39 is 5.97 Å². The molecule has 0 aliphatic heterocycles. The number of nitrogens with zero attached hydrogens (tertiary/aromatic N) is 3. The van der Waals surface area contributed by atoms with Crippen LogP contribution in [0.2, 0.25) is 0 Å². The highest BCUT2D eigenvalue weighted by Crippen LogP contribution is 2.29. The number of carbonyl (C=O) groups excluding carboxylic acids is 1. The normalized spacial score (nSPS) is 11.7. The first-order chi connectivity index (χ1) is 14.0. The molecule has 0 saturated heterocycles. The van der Waals surface area contributed by atoms with E-state index in [1.807, 2.05) is 43.3 Å². The van der Waals surface area contributed by atoms with E-state index in [9.17, 15) is 4.79 Å². The van der Waals surface area contributed by atoms with Gasteiger partial charge in [-0.05, 0) is 62.2 Å². The zero-order chi connectivity index (χ0) is 20.8. The Morgan fingerprint density at radius 1 is 1.10 bits per heavy atom. The zero-order valence-electron chi connectivity index (χ0n) is 16.5. The molecule has 0 N–H and O–H groups in total. The summed E-state index contributed by atoms with van der Waals surface area (Å²) in [6.07, 6.45) is 0.673. The average molecular weight is 460 g/mol. The third-order valence-electron chi connectivity index (χ3n) is 4.26. The number of benzene rings is 2. The van der Waals surface area contributed by atoms with Gasteiger partial charge >= 0.3 is 5.97 Å². The lowest BCUT2D eigenvalue weighted by atomic mass is 10.1. The molecule has 0 aliphatic rings. The molecule has 3 aromatic rings. The first kappa shape index (κ1) is 20.9. The summed E-state index contributed by atoms with van der Waals surface area (Å²) in [5.74, 6) is 1.05. The fourth-order valence-electron chi connectivity index (χ4n) is 2.80. The molecule has 0 radical (unpaired) electrons. The van der Waals surface area contributed by atoms with Gasteiger partial charge in [-0.25, -0.2) is 9.48 Å². The molecule has 1 atom stereocenters. The van der Waals surface area contributed by atoms with Crippen LogP contribution >= 0.6 is 15.9 Å². The summed E-state index contributed by atoms with van der Waals surface area (Å²) in [5, 5.41) is 8.19. The summed E-state index contributed by atoms with van der Waals surface area (Å²) in [4.78, 5) is 12.3.